The van der Waals surface area contributed by atoms with E-state index in [1.54, 1.807) is 0 Å². The summed E-state index contributed by atoms with van der Waals surface area (Å²) in [5.41, 5.74) is 9.81. The molecule has 2 nitrogen and oxygen atoms in total. The molecule has 11 aromatic rings. The van der Waals surface area contributed by atoms with Gasteiger partial charge in [0.2, 0.25) is 0 Å². The molecule has 49 heavy (non-hydrogen) atoms. The summed E-state index contributed by atoms with van der Waals surface area (Å²) in [6.45, 7) is 0. The molecule has 8 aromatic carbocycles. The maximum Gasteiger partial charge on any atom is 0.0719 e. The third kappa shape index (κ3) is 3.82. The first-order valence-electron chi connectivity index (χ1n) is 16.8. The number of hydrogen-bond acceptors (Lipinski definition) is 1. The van der Waals surface area contributed by atoms with Crippen LogP contribution in [0, 0.1) is 0 Å². The molecular weight excluding hydrogens is 613 g/mol. The Morgan fingerprint density at radius 3 is 1.88 bits per heavy atom. The Bertz CT molecular complexity index is 3100. The molecule has 3 heterocycles. The zero-order valence-electron chi connectivity index (χ0n) is 26.5. The van der Waals surface area contributed by atoms with Gasteiger partial charge in [0, 0.05) is 48.1 Å². The Kier molecular flexibility index (Phi) is 5.57. The van der Waals surface area contributed by atoms with Crippen molar-refractivity contribution in [1.82, 2.24) is 9.13 Å². The van der Waals surface area contributed by atoms with Gasteiger partial charge in [0.1, 0.15) is 0 Å². The van der Waals surface area contributed by atoms with Gasteiger partial charge in [0.05, 0.1) is 32.5 Å². The van der Waals surface area contributed by atoms with E-state index in [0.29, 0.717) is 0 Å². The Morgan fingerprint density at radius 2 is 1.02 bits per heavy atom. The van der Waals surface area contributed by atoms with Crippen molar-refractivity contribution in [1.29, 1.82) is 0 Å². The average Bonchev–Trinajstić information content (AvgIpc) is 3.81. The predicted octanol–water partition coefficient (Wildman–Crippen LogP) is 13.1. The molecule has 3 heteroatoms. The lowest BCUT2D eigenvalue weighted by Crippen LogP contribution is -1.94. The minimum absolute atomic E-state index is 1.18. The quantitative estimate of drug-likeness (QED) is 0.182. The fourth-order valence-electron chi connectivity index (χ4n) is 8.13. The molecule has 3 aromatic heterocycles. The normalized spacial score (nSPS) is 12.1. The van der Waals surface area contributed by atoms with Crippen molar-refractivity contribution < 1.29 is 0 Å². The third-order valence-electron chi connectivity index (χ3n) is 10.3. The first kappa shape index (κ1) is 26.9. The van der Waals surface area contributed by atoms with Crippen LogP contribution in [0.1, 0.15) is 0 Å². The number of fused-ring (bicyclic) bond motifs is 11. The van der Waals surface area contributed by atoms with E-state index in [2.05, 4.69) is 179 Å². The van der Waals surface area contributed by atoms with Gasteiger partial charge in [0.25, 0.3) is 0 Å². The highest BCUT2D eigenvalue weighted by molar-refractivity contribution is 7.26. The van der Waals surface area contributed by atoms with Crippen molar-refractivity contribution in [3.8, 4) is 22.5 Å². The Balaban J connectivity index is 1.24. The molecule has 0 aliphatic carbocycles. The molecule has 228 valence electrons. The number of nitrogens with zero attached hydrogens (tertiary/aromatic N) is 2. The van der Waals surface area contributed by atoms with E-state index < -0.39 is 0 Å². The molecule has 0 atom stereocenters. The van der Waals surface area contributed by atoms with Crippen molar-refractivity contribution in [3.63, 3.8) is 0 Å². The van der Waals surface area contributed by atoms with Crippen LogP contribution in [0.2, 0.25) is 0 Å². The SMILES string of the molecule is c1ccc(-c2cccc(-n3c4ccccc4c4ccc5c6cc7c8ccccc8n(-c8cccc9ccccc89)c7cc6sc5c43)c2)cc1. The minimum Gasteiger partial charge on any atom is -0.309 e. The maximum absolute atomic E-state index is 2.49. The van der Waals surface area contributed by atoms with Crippen molar-refractivity contribution in [2.45, 2.75) is 0 Å². The second-order valence-electron chi connectivity index (χ2n) is 12.9. The monoisotopic (exact) mass is 640 g/mol. The van der Waals surface area contributed by atoms with Gasteiger partial charge in [-0.05, 0) is 59.0 Å². The van der Waals surface area contributed by atoms with Gasteiger partial charge >= 0.3 is 0 Å². The molecule has 0 aliphatic rings. The van der Waals surface area contributed by atoms with Gasteiger partial charge in [-0.2, -0.15) is 0 Å². The molecule has 0 spiro atoms. The largest absolute Gasteiger partial charge is 0.309 e. The van der Waals surface area contributed by atoms with Crippen molar-refractivity contribution in [2.75, 3.05) is 0 Å². The molecule has 0 amide bonds. The summed E-state index contributed by atoms with van der Waals surface area (Å²) in [7, 11) is 0. The number of thiophene rings is 1. The summed E-state index contributed by atoms with van der Waals surface area (Å²) < 4.78 is 7.58. The van der Waals surface area contributed by atoms with Crippen molar-refractivity contribution >= 4 is 85.9 Å². The highest BCUT2D eigenvalue weighted by Crippen LogP contribution is 2.46. The van der Waals surface area contributed by atoms with E-state index in [4.69, 9.17) is 0 Å². The highest BCUT2D eigenvalue weighted by Gasteiger charge is 2.20. The lowest BCUT2D eigenvalue weighted by atomic mass is 10.0. The fourth-order valence-corrected chi connectivity index (χ4v) is 9.38. The molecule has 11 rings (SSSR count). The highest BCUT2D eigenvalue weighted by atomic mass is 32.1. The Hall–Kier alpha value is -6.16. The molecule has 0 aliphatic heterocycles. The van der Waals surface area contributed by atoms with E-state index in [1.807, 2.05) is 11.3 Å². The van der Waals surface area contributed by atoms with Crippen LogP contribution >= 0.6 is 11.3 Å². The summed E-state index contributed by atoms with van der Waals surface area (Å²) >= 11 is 1.91. The van der Waals surface area contributed by atoms with E-state index in [0.717, 1.165) is 0 Å². The van der Waals surface area contributed by atoms with Gasteiger partial charge in [-0.3, -0.25) is 0 Å². The lowest BCUT2D eigenvalue weighted by Gasteiger charge is -2.11. The molecule has 0 fully saturated rings. The summed E-state index contributed by atoms with van der Waals surface area (Å²) in [4.78, 5) is 0. The standard InChI is InChI=1S/C46H28N2S/c1-2-12-29(13-3-1)31-16-10-17-32(26-31)47-41-21-8-6-19-34(41)36-24-25-37-39-27-38-35-20-7-9-22-42(35)48(43(38)28-44(39)49-46(37)45(36)47)40-23-11-15-30-14-4-5-18-33(30)40/h1-28H. The molecular formula is C46H28N2S. The second kappa shape index (κ2) is 10.2. The first-order valence-corrected chi connectivity index (χ1v) is 17.6. The Labute approximate surface area is 286 Å². The number of rotatable bonds is 3. The predicted molar refractivity (Wildman–Crippen MR) is 211 cm³/mol. The van der Waals surface area contributed by atoms with Gasteiger partial charge in [-0.15, -0.1) is 11.3 Å². The third-order valence-corrected chi connectivity index (χ3v) is 11.5. The minimum atomic E-state index is 1.18. The van der Waals surface area contributed by atoms with Crippen molar-refractivity contribution in [3.05, 3.63) is 170 Å². The van der Waals surface area contributed by atoms with Crippen LogP contribution in [0.3, 0.4) is 0 Å². The van der Waals surface area contributed by atoms with Crippen LogP contribution in [0.5, 0.6) is 0 Å². The summed E-state index contributed by atoms with van der Waals surface area (Å²) in [6, 6.07) is 62.3. The molecule has 0 saturated heterocycles. The van der Waals surface area contributed by atoms with Crippen LogP contribution in [-0.4, -0.2) is 9.13 Å². The van der Waals surface area contributed by atoms with Gasteiger partial charge in [0.15, 0.2) is 0 Å². The Morgan fingerprint density at radius 1 is 0.367 bits per heavy atom. The summed E-state index contributed by atoms with van der Waals surface area (Å²) in [5, 5.41) is 10.3. The average molecular weight is 641 g/mol. The topological polar surface area (TPSA) is 9.86 Å². The first-order chi connectivity index (χ1) is 24.3. The second-order valence-corrected chi connectivity index (χ2v) is 14.0. The van der Waals surface area contributed by atoms with Gasteiger partial charge in [-0.1, -0.05) is 127 Å². The molecule has 0 radical (unpaired) electrons. The zero-order chi connectivity index (χ0) is 32.1. The van der Waals surface area contributed by atoms with Crippen LogP contribution in [-0.2, 0) is 0 Å². The van der Waals surface area contributed by atoms with Gasteiger partial charge < -0.3 is 9.13 Å². The molecule has 0 bridgehead atoms. The maximum atomic E-state index is 2.49. The number of aromatic nitrogens is 2. The fraction of sp³-hybridized carbons (Fsp3) is 0. The lowest BCUT2D eigenvalue weighted by molar-refractivity contribution is 1.19. The van der Waals surface area contributed by atoms with E-state index in [-0.39, 0.29) is 0 Å². The van der Waals surface area contributed by atoms with Crippen LogP contribution in [0.25, 0.3) is 97.1 Å². The van der Waals surface area contributed by atoms with Crippen LogP contribution in [0.4, 0.5) is 0 Å². The smallest absolute Gasteiger partial charge is 0.0719 e. The van der Waals surface area contributed by atoms with E-state index in [9.17, 15) is 0 Å². The van der Waals surface area contributed by atoms with E-state index in [1.165, 1.54) is 97.1 Å². The number of hydrogen-bond donors (Lipinski definition) is 0. The van der Waals surface area contributed by atoms with E-state index >= 15 is 0 Å². The molecule has 0 saturated carbocycles. The number of benzene rings is 8. The van der Waals surface area contributed by atoms with Crippen molar-refractivity contribution in [2.24, 2.45) is 0 Å². The van der Waals surface area contributed by atoms with Crippen LogP contribution < -0.4 is 0 Å². The van der Waals surface area contributed by atoms with Crippen LogP contribution in [0.15, 0.2) is 170 Å². The molecule has 0 N–H and O–H groups in total. The van der Waals surface area contributed by atoms with Gasteiger partial charge in [-0.25, -0.2) is 0 Å². The zero-order valence-corrected chi connectivity index (χ0v) is 27.3. The molecule has 0 unspecified atom stereocenters. The number of para-hydroxylation sites is 2. The summed E-state index contributed by atoms with van der Waals surface area (Å²) in [5.74, 6) is 0. The summed E-state index contributed by atoms with van der Waals surface area (Å²) in [6.07, 6.45) is 0.